The summed E-state index contributed by atoms with van der Waals surface area (Å²) in [6.07, 6.45) is -4.95. The van der Waals surface area contributed by atoms with E-state index in [-0.39, 0.29) is 0 Å². The van der Waals surface area contributed by atoms with Crippen LogP contribution in [0.4, 0.5) is 23.2 Å². The van der Waals surface area contributed by atoms with Crippen molar-refractivity contribution in [1.82, 2.24) is 5.32 Å². The van der Waals surface area contributed by atoms with Crippen LogP contribution in [0.3, 0.4) is 0 Å². The van der Waals surface area contributed by atoms with E-state index in [1.54, 1.807) is 60.7 Å². The predicted octanol–water partition coefficient (Wildman–Crippen LogP) is 4.95. The Morgan fingerprint density at radius 1 is 0.833 bits per heavy atom. The molecule has 0 heterocycles. The molecule has 0 spiro atoms. The Hall–Kier alpha value is -3.68. The summed E-state index contributed by atoms with van der Waals surface area (Å²) in [6.45, 7) is 0. The fraction of sp³-hybridized carbons (Fsp3) is 0.0909. The summed E-state index contributed by atoms with van der Waals surface area (Å²) in [5.41, 5.74) is -1.06. The number of carbonyl (C=O) groups excluding carboxylic acids is 2. The molecule has 3 rings (SSSR count). The fourth-order valence-corrected chi connectivity index (χ4v) is 2.78. The van der Waals surface area contributed by atoms with Crippen LogP contribution < -0.4 is 10.6 Å². The molecular formula is C22H16F4N2O2. The van der Waals surface area contributed by atoms with Crippen molar-refractivity contribution in [3.8, 4) is 0 Å². The van der Waals surface area contributed by atoms with E-state index in [1.165, 1.54) is 0 Å². The fourth-order valence-electron chi connectivity index (χ4n) is 2.78. The molecule has 1 unspecified atom stereocenters. The van der Waals surface area contributed by atoms with Crippen molar-refractivity contribution >= 4 is 17.5 Å². The molecule has 0 aliphatic heterocycles. The smallest absolute Gasteiger partial charge is 0.336 e. The summed E-state index contributed by atoms with van der Waals surface area (Å²) >= 11 is 0. The number of alkyl halides is 3. The normalized spacial score (nSPS) is 12.1. The summed E-state index contributed by atoms with van der Waals surface area (Å²) in [4.78, 5) is 25.4. The largest absolute Gasteiger partial charge is 0.419 e. The SMILES string of the molecule is O=C(NC(C(=O)Nc1ccccc1)c1ccccc1)c1ccc(F)c(C(F)(F)F)c1. The summed E-state index contributed by atoms with van der Waals surface area (Å²) < 4.78 is 52.4. The number of hydrogen-bond donors (Lipinski definition) is 2. The van der Waals surface area contributed by atoms with E-state index < -0.39 is 41.0 Å². The molecule has 30 heavy (non-hydrogen) atoms. The van der Waals surface area contributed by atoms with Crippen LogP contribution in [0.5, 0.6) is 0 Å². The quantitative estimate of drug-likeness (QED) is 0.578. The Kier molecular flexibility index (Phi) is 6.15. The maximum absolute atomic E-state index is 13.5. The molecule has 0 aliphatic carbocycles. The summed E-state index contributed by atoms with van der Waals surface area (Å²) in [6, 6.07) is 17.4. The summed E-state index contributed by atoms with van der Waals surface area (Å²) in [5, 5.41) is 5.08. The van der Waals surface area contributed by atoms with Crippen molar-refractivity contribution in [1.29, 1.82) is 0 Å². The molecule has 3 aromatic rings. The Labute approximate surface area is 169 Å². The average Bonchev–Trinajstić information content (AvgIpc) is 2.72. The van der Waals surface area contributed by atoms with Crippen LogP contribution in [-0.4, -0.2) is 11.8 Å². The monoisotopic (exact) mass is 416 g/mol. The maximum Gasteiger partial charge on any atom is 0.419 e. The van der Waals surface area contributed by atoms with Gasteiger partial charge in [-0.3, -0.25) is 9.59 Å². The number of benzene rings is 3. The molecule has 0 aromatic heterocycles. The molecule has 3 aromatic carbocycles. The van der Waals surface area contributed by atoms with Gasteiger partial charge in [-0.15, -0.1) is 0 Å². The van der Waals surface area contributed by atoms with Gasteiger partial charge in [0.1, 0.15) is 11.9 Å². The lowest BCUT2D eigenvalue weighted by atomic mass is 10.0. The van der Waals surface area contributed by atoms with Crippen molar-refractivity contribution in [2.45, 2.75) is 12.2 Å². The highest BCUT2D eigenvalue weighted by atomic mass is 19.4. The van der Waals surface area contributed by atoms with Gasteiger partial charge in [0.05, 0.1) is 5.56 Å². The van der Waals surface area contributed by atoms with Crippen molar-refractivity contribution in [2.24, 2.45) is 0 Å². The van der Waals surface area contributed by atoms with Gasteiger partial charge >= 0.3 is 6.18 Å². The van der Waals surface area contributed by atoms with Crippen LogP contribution in [0.1, 0.15) is 27.5 Å². The van der Waals surface area contributed by atoms with Gasteiger partial charge in [0.15, 0.2) is 0 Å². The second-order valence-electron chi connectivity index (χ2n) is 6.36. The number of para-hydroxylation sites is 1. The third-order valence-corrected chi connectivity index (χ3v) is 4.25. The standard InChI is InChI=1S/C22H16F4N2O2/c23-18-12-11-15(13-17(18)22(24,25)26)20(29)28-19(14-7-3-1-4-8-14)21(30)27-16-9-5-2-6-10-16/h1-13,19H,(H,27,30)(H,28,29). The topological polar surface area (TPSA) is 58.2 Å². The van der Waals surface area contributed by atoms with Gasteiger partial charge < -0.3 is 10.6 Å². The molecule has 0 saturated heterocycles. The van der Waals surface area contributed by atoms with Crippen molar-refractivity contribution in [3.63, 3.8) is 0 Å². The lowest BCUT2D eigenvalue weighted by Gasteiger charge is -2.19. The molecule has 154 valence electrons. The van der Waals surface area contributed by atoms with Crippen LogP contribution in [0, 0.1) is 5.82 Å². The number of halogens is 4. The minimum absolute atomic E-state index is 0.418. The van der Waals surface area contributed by atoms with Crippen LogP contribution in [0.15, 0.2) is 78.9 Å². The summed E-state index contributed by atoms with van der Waals surface area (Å²) in [5.74, 6) is -3.02. The summed E-state index contributed by atoms with van der Waals surface area (Å²) in [7, 11) is 0. The second kappa shape index (κ2) is 8.77. The molecule has 0 bridgehead atoms. The number of rotatable bonds is 5. The van der Waals surface area contributed by atoms with E-state index in [4.69, 9.17) is 0 Å². The number of carbonyl (C=O) groups is 2. The zero-order valence-electron chi connectivity index (χ0n) is 15.4. The van der Waals surface area contributed by atoms with E-state index in [9.17, 15) is 27.2 Å². The zero-order valence-corrected chi connectivity index (χ0v) is 15.4. The van der Waals surface area contributed by atoms with Crippen LogP contribution >= 0.6 is 0 Å². The molecule has 8 heteroatoms. The first kappa shape index (κ1) is 21.0. The van der Waals surface area contributed by atoms with Crippen LogP contribution in [0.2, 0.25) is 0 Å². The zero-order chi connectivity index (χ0) is 21.7. The van der Waals surface area contributed by atoms with Gasteiger partial charge in [-0.25, -0.2) is 4.39 Å². The third kappa shape index (κ3) is 5.02. The third-order valence-electron chi connectivity index (χ3n) is 4.25. The van der Waals surface area contributed by atoms with Gasteiger partial charge in [-0.05, 0) is 35.9 Å². The van der Waals surface area contributed by atoms with Gasteiger partial charge in [0, 0.05) is 11.3 Å². The Bertz CT molecular complexity index is 1040. The molecule has 1 atom stereocenters. The average molecular weight is 416 g/mol. The number of amides is 2. The van der Waals surface area contributed by atoms with Gasteiger partial charge in [0.2, 0.25) is 0 Å². The first-order valence-corrected chi connectivity index (χ1v) is 8.84. The predicted molar refractivity (Wildman–Crippen MR) is 103 cm³/mol. The van der Waals surface area contributed by atoms with Gasteiger partial charge in [0.25, 0.3) is 11.8 Å². The van der Waals surface area contributed by atoms with E-state index in [0.29, 0.717) is 23.4 Å². The Morgan fingerprint density at radius 3 is 2.03 bits per heavy atom. The molecule has 0 aliphatic rings. The molecule has 2 N–H and O–H groups in total. The van der Waals surface area contributed by atoms with E-state index in [1.807, 2.05) is 0 Å². The first-order valence-electron chi connectivity index (χ1n) is 8.84. The van der Waals surface area contributed by atoms with Crippen molar-refractivity contribution < 1.29 is 27.2 Å². The number of hydrogen-bond acceptors (Lipinski definition) is 2. The van der Waals surface area contributed by atoms with Crippen molar-refractivity contribution in [3.05, 3.63) is 101 Å². The van der Waals surface area contributed by atoms with E-state index >= 15 is 0 Å². The highest BCUT2D eigenvalue weighted by molar-refractivity contribution is 6.01. The first-order chi connectivity index (χ1) is 14.3. The molecular weight excluding hydrogens is 400 g/mol. The lowest BCUT2D eigenvalue weighted by molar-refractivity contribution is -0.140. The van der Waals surface area contributed by atoms with Crippen LogP contribution in [-0.2, 0) is 11.0 Å². The minimum Gasteiger partial charge on any atom is -0.336 e. The molecule has 0 radical (unpaired) electrons. The van der Waals surface area contributed by atoms with Crippen molar-refractivity contribution in [2.75, 3.05) is 5.32 Å². The molecule has 0 fully saturated rings. The maximum atomic E-state index is 13.5. The van der Waals surface area contributed by atoms with E-state index in [2.05, 4.69) is 10.6 Å². The highest BCUT2D eigenvalue weighted by Gasteiger charge is 2.35. The molecule has 2 amide bonds. The van der Waals surface area contributed by atoms with Crippen LogP contribution in [0.25, 0.3) is 0 Å². The number of anilines is 1. The highest BCUT2D eigenvalue weighted by Crippen LogP contribution is 2.32. The Balaban J connectivity index is 1.88. The number of nitrogens with one attached hydrogen (secondary N) is 2. The minimum atomic E-state index is -4.95. The lowest BCUT2D eigenvalue weighted by Crippen LogP contribution is -2.37. The second-order valence-corrected chi connectivity index (χ2v) is 6.36. The van der Waals surface area contributed by atoms with E-state index in [0.717, 1.165) is 6.07 Å². The van der Waals surface area contributed by atoms with Gasteiger partial charge in [-0.2, -0.15) is 13.2 Å². The van der Waals surface area contributed by atoms with Gasteiger partial charge in [-0.1, -0.05) is 48.5 Å². The molecule has 0 saturated carbocycles. The Morgan fingerprint density at radius 2 is 1.43 bits per heavy atom. The molecule has 4 nitrogen and oxygen atoms in total.